The van der Waals surface area contributed by atoms with E-state index in [2.05, 4.69) is 6.07 Å². The van der Waals surface area contributed by atoms with Crippen LogP contribution in [0.3, 0.4) is 0 Å². The molecule has 1 aliphatic rings. The van der Waals surface area contributed by atoms with Crippen LogP contribution < -0.4 is 0 Å². The smallest absolute Gasteiger partial charge is 0.0847 e. The van der Waals surface area contributed by atoms with E-state index in [-0.39, 0.29) is 5.38 Å². The van der Waals surface area contributed by atoms with Crippen molar-refractivity contribution in [2.45, 2.75) is 5.38 Å². The molecule has 84 valence electrons. The van der Waals surface area contributed by atoms with Crippen LogP contribution in [0.25, 0.3) is 11.1 Å². The highest BCUT2D eigenvalue weighted by atomic mass is 35.5. The lowest BCUT2D eigenvalue weighted by Crippen LogP contribution is -1.96. The van der Waals surface area contributed by atoms with Crippen LogP contribution in [-0.2, 0) is 0 Å². The topological polar surface area (TPSA) is 0 Å². The van der Waals surface area contributed by atoms with Crippen LogP contribution >= 0.6 is 23.2 Å². The fourth-order valence-electron chi connectivity index (χ4n) is 2.19. The van der Waals surface area contributed by atoms with Gasteiger partial charge in [0, 0.05) is 5.03 Å². The Morgan fingerprint density at radius 3 is 2.29 bits per heavy atom. The highest BCUT2D eigenvalue weighted by molar-refractivity contribution is 6.51. The summed E-state index contributed by atoms with van der Waals surface area (Å²) < 4.78 is 0. The maximum absolute atomic E-state index is 6.56. The maximum Gasteiger partial charge on any atom is 0.0847 e. The SMILES string of the molecule is ClC1=Cc2ccccc2C(Cl)c2ccccc21. The fraction of sp³-hybridized carbons (Fsp3) is 0.0667. The maximum atomic E-state index is 6.56. The van der Waals surface area contributed by atoms with Crippen LogP contribution in [0.2, 0.25) is 0 Å². The van der Waals surface area contributed by atoms with E-state index in [0.717, 1.165) is 27.3 Å². The van der Waals surface area contributed by atoms with Gasteiger partial charge in [-0.2, -0.15) is 0 Å². The lowest BCUT2D eigenvalue weighted by molar-refractivity contribution is 1.13. The molecular weight excluding hydrogens is 251 g/mol. The molecule has 1 unspecified atom stereocenters. The van der Waals surface area contributed by atoms with Gasteiger partial charge in [-0.3, -0.25) is 0 Å². The molecule has 0 saturated carbocycles. The Morgan fingerprint density at radius 2 is 1.47 bits per heavy atom. The molecule has 0 nitrogen and oxygen atoms in total. The third-order valence-electron chi connectivity index (χ3n) is 3.04. The second-order valence-electron chi connectivity index (χ2n) is 4.07. The lowest BCUT2D eigenvalue weighted by Gasteiger charge is -2.13. The standard InChI is InChI=1S/C15H10Cl2/c16-14-9-10-5-1-2-6-11(10)15(17)13-8-4-3-7-12(13)14/h1-9,15H. The highest BCUT2D eigenvalue weighted by Gasteiger charge is 2.21. The van der Waals surface area contributed by atoms with Crippen molar-refractivity contribution >= 4 is 34.3 Å². The fourth-order valence-corrected chi connectivity index (χ4v) is 2.87. The number of benzene rings is 2. The predicted molar refractivity (Wildman–Crippen MR) is 74.3 cm³/mol. The van der Waals surface area contributed by atoms with E-state index in [1.54, 1.807) is 0 Å². The molecule has 2 aromatic rings. The minimum Gasteiger partial charge on any atom is -0.113 e. The van der Waals surface area contributed by atoms with E-state index in [4.69, 9.17) is 23.2 Å². The van der Waals surface area contributed by atoms with Crippen LogP contribution in [0.4, 0.5) is 0 Å². The van der Waals surface area contributed by atoms with Gasteiger partial charge in [-0.1, -0.05) is 60.1 Å². The van der Waals surface area contributed by atoms with Gasteiger partial charge in [0.05, 0.1) is 5.38 Å². The van der Waals surface area contributed by atoms with E-state index in [0.29, 0.717) is 0 Å². The van der Waals surface area contributed by atoms with Gasteiger partial charge < -0.3 is 0 Å². The van der Waals surface area contributed by atoms with Gasteiger partial charge in [0.1, 0.15) is 0 Å². The molecule has 1 atom stereocenters. The Bertz CT molecular complexity index is 599. The second-order valence-corrected chi connectivity index (χ2v) is 4.91. The van der Waals surface area contributed by atoms with Gasteiger partial charge in [-0.05, 0) is 28.3 Å². The molecule has 2 aromatic carbocycles. The normalized spacial score (nSPS) is 17.8. The molecule has 1 aliphatic carbocycles. The molecule has 0 radical (unpaired) electrons. The predicted octanol–water partition coefficient (Wildman–Crippen LogP) is 5.07. The van der Waals surface area contributed by atoms with Crippen LogP contribution in [0, 0.1) is 0 Å². The van der Waals surface area contributed by atoms with Crippen molar-refractivity contribution < 1.29 is 0 Å². The minimum atomic E-state index is -0.144. The first-order chi connectivity index (χ1) is 8.27. The van der Waals surface area contributed by atoms with Crippen LogP contribution in [0.15, 0.2) is 48.5 Å². The number of hydrogen-bond donors (Lipinski definition) is 0. The number of hydrogen-bond acceptors (Lipinski definition) is 0. The minimum absolute atomic E-state index is 0.144. The van der Waals surface area contributed by atoms with E-state index in [1.165, 1.54) is 0 Å². The molecule has 0 heterocycles. The van der Waals surface area contributed by atoms with Gasteiger partial charge in [0.2, 0.25) is 0 Å². The average molecular weight is 261 g/mol. The zero-order valence-corrected chi connectivity index (χ0v) is 10.5. The number of rotatable bonds is 0. The summed E-state index contributed by atoms with van der Waals surface area (Å²) in [5, 5.41) is 0.603. The number of halogens is 2. The van der Waals surface area contributed by atoms with E-state index in [1.807, 2.05) is 48.5 Å². The highest BCUT2D eigenvalue weighted by Crippen LogP contribution is 2.40. The Labute approximate surface area is 110 Å². The zero-order valence-electron chi connectivity index (χ0n) is 9.03. The summed E-state index contributed by atoms with van der Waals surface area (Å²) in [7, 11) is 0. The molecule has 0 N–H and O–H groups in total. The molecule has 0 spiro atoms. The molecule has 0 bridgehead atoms. The molecule has 2 heteroatoms. The van der Waals surface area contributed by atoms with Crippen LogP contribution in [0.5, 0.6) is 0 Å². The molecule has 0 aromatic heterocycles. The van der Waals surface area contributed by atoms with Crippen molar-refractivity contribution in [3.63, 3.8) is 0 Å². The first-order valence-electron chi connectivity index (χ1n) is 5.47. The van der Waals surface area contributed by atoms with Crippen molar-refractivity contribution in [2.24, 2.45) is 0 Å². The van der Waals surface area contributed by atoms with Crippen molar-refractivity contribution in [3.05, 3.63) is 70.8 Å². The van der Waals surface area contributed by atoms with E-state index < -0.39 is 0 Å². The first-order valence-corrected chi connectivity index (χ1v) is 6.28. The summed E-state index contributed by atoms with van der Waals surface area (Å²) in [6.45, 7) is 0. The van der Waals surface area contributed by atoms with Crippen molar-refractivity contribution in [3.8, 4) is 0 Å². The monoisotopic (exact) mass is 260 g/mol. The van der Waals surface area contributed by atoms with Crippen molar-refractivity contribution in [2.75, 3.05) is 0 Å². The summed E-state index contributed by atoms with van der Waals surface area (Å²) in [6, 6.07) is 16.1. The van der Waals surface area contributed by atoms with Crippen molar-refractivity contribution in [1.82, 2.24) is 0 Å². The molecule has 0 fully saturated rings. The Morgan fingerprint density at radius 1 is 0.824 bits per heavy atom. The molecule has 3 rings (SSSR count). The Balaban J connectivity index is 2.32. The third-order valence-corrected chi connectivity index (χ3v) is 3.83. The molecule has 0 aliphatic heterocycles. The summed E-state index contributed by atoms with van der Waals surface area (Å²) in [6.07, 6.45) is 1.98. The second kappa shape index (κ2) is 4.21. The van der Waals surface area contributed by atoms with Gasteiger partial charge in [0.15, 0.2) is 0 Å². The summed E-state index contributed by atoms with van der Waals surface area (Å²) in [5.74, 6) is 0. The quantitative estimate of drug-likeness (QED) is 0.581. The molecular formula is C15H10Cl2. The van der Waals surface area contributed by atoms with Crippen LogP contribution in [-0.4, -0.2) is 0 Å². The van der Waals surface area contributed by atoms with Crippen molar-refractivity contribution in [1.29, 1.82) is 0 Å². The summed E-state index contributed by atoms with van der Waals surface area (Å²) in [4.78, 5) is 0. The van der Waals surface area contributed by atoms with Gasteiger partial charge in [0.25, 0.3) is 0 Å². The van der Waals surface area contributed by atoms with Gasteiger partial charge in [-0.25, -0.2) is 0 Å². The third kappa shape index (κ3) is 1.78. The number of alkyl halides is 1. The first kappa shape index (κ1) is 10.9. The number of fused-ring (bicyclic) bond motifs is 2. The molecule has 0 saturated heterocycles. The van der Waals surface area contributed by atoms with Gasteiger partial charge in [-0.15, -0.1) is 11.6 Å². The Hall–Kier alpha value is -1.24. The lowest BCUT2D eigenvalue weighted by atomic mass is 9.99. The largest absolute Gasteiger partial charge is 0.113 e. The van der Waals surface area contributed by atoms with Crippen LogP contribution in [0.1, 0.15) is 27.6 Å². The zero-order chi connectivity index (χ0) is 11.8. The summed E-state index contributed by atoms with van der Waals surface area (Å²) in [5.41, 5.74) is 4.29. The van der Waals surface area contributed by atoms with E-state index >= 15 is 0 Å². The molecule has 0 amide bonds. The Kier molecular flexibility index (Phi) is 2.70. The molecule has 17 heavy (non-hydrogen) atoms. The van der Waals surface area contributed by atoms with E-state index in [9.17, 15) is 0 Å². The van der Waals surface area contributed by atoms with Gasteiger partial charge >= 0.3 is 0 Å². The average Bonchev–Trinajstić information content (AvgIpc) is 2.48. The summed E-state index contributed by atoms with van der Waals surface area (Å²) >= 11 is 12.9.